The quantitative estimate of drug-likeness (QED) is 0.892. The molecule has 0 bridgehead atoms. The van der Waals surface area contributed by atoms with Crippen LogP contribution in [0.2, 0.25) is 0 Å². The first kappa shape index (κ1) is 15.5. The van der Waals surface area contributed by atoms with Crippen molar-refractivity contribution in [2.45, 2.75) is 18.8 Å². The average molecular weight is 306 g/mol. The molecule has 1 aliphatic heterocycles. The molecule has 0 unspecified atom stereocenters. The van der Waals surface area contributed by atoms with E-state index in [4.69, 9.17) is 0 Å². The van der Waals surface area contributed by atoms with E-state index in [0.717, 1.165) is 18.8 Å². The Labute approximate surface area is 123 Å². The molecule has 6 heteroatoms. The van der Waals surface area contributed by atoms with Gasteiger partial charge in [0.25, 0.3) is 0 Å². The molecule has 0 saturated carbocycles. The maximum absolute atomic E-state index is 4.45. The van der Waals surface area contributed by atoms with E-state index in [2.05, 4.69) is 39.1 Å². The number of hydrogen-bond acceptors (Lipinski definition) is 3. The lowest BCUT2D eigenvalue weighted by atomic mass is 9.94. The molecule has 1 aliphatic rings. The number of hydrogen-bond donors (Lipinski definition) is 2. The van der Waals surface area contributed by atoms with Crippen LogP contribution >= 0.6 is 36.2 Å². The van der Waals surface area contributed by atoms with Crippen LogP contribution < -0.4 is 5.32 Å². The van der Waals surface area contributed by atoms with Gasteiger partial charge in [0.1, 0.15) is 0 Å². The highest BCUT2D eigenvalue weighted by Crippen LogP contribution is 2.28. The van der Waals surface area contributed by atoms with Crippen molar-refractivity contribution < 1.29 is 0 Å². The molecule has 2 aromatic heterocycles. The fourth-order valence-corrected chi connectivity index (χ4v) is 2.91. The number of rotatable bonds is 2. The monoisotopic (exact) mass is 305 g/mol. The summed E-state index contributed by atoms with van der Waals surface area (Å²) < 4.78 is 0. The van der Waals surface area contributed by atoms with Crippen molar-refractivity contribution in [3.05, 3.63) is 29.3 Å². The van der Waals surface area contributed by atoms with Gasteiger partial charge in [0, 0.05) is 5.92 Å². The molecule has 1 saturated heterocycles. The lowest BCUT2D eigenvalue weighted by Crippen LogP contribution is -2.26. The van der Waals surface area contributed by atoms with Gasteiger partial charge in [-0.3, -0.25) is 5.10 Å². The largest absolute Gasteiger partial charge is 0.317 e. The van der Waals surface area contributed by atoms with Crippen molar-refractivity contribution in [3.8, 4) is 10.6 Å². The van der Waals surface area contributed by atoms with E-state index in [1.54, 1.807) is 11.3 Å². The smallest absolute Gasteiger partial charge is 0.0752 e. The first-order valence-electron chi connectivity index (χ1n) is 5.73. The third kappa shape index (κ3) is 3.26. The van der Waals surface area contributed by atoms with E-state index in [9.17, 15) is 0 Å². The van der Waals surface area contributed by atoms with Crippen LogP contribution in [0.3, 0.4) is 0 Å². The zero-order valence-corrected chi connectivity index (χ0v) is 12.3. The van der Waals surface area contributed by atoms with Gasteiger partial charge in [-0.05, 0) is 43.4 Å². The summed E-state index contributed by atoms with van der Waals surface area (Å²) in [6.07, 6.45) is 2.41. The summed E-state index contributed by atoms with van der Waals surface area (Å²) in [6, 6.07) is 6.41. The van der Waals surface area contributed by atoms with Gasteiger partial charge in [-0.1, -0.05) is 6.07 Å². The predicted octanol–water partition coefficient (Wildman–Crippen LogP) is 3.45. The Morgan fingerprint density at radius 1 is 1.22 bits per heavy atom. The van der Waals surface area contributed by atoms with E-state index in [1.165, 1.54) is 23.4 Å². The molecule has 2 aromatic rings. The maximum atomic E-state index is 4.45. The number of nitrogens with one attached hydrogen (secondary N) is 2. The van der Waals surface area contributed by atoms with Crippen molar-refractivity contribution in [2.24, 2.45) is 0 Å². The molecule has 3 nitrogen and oxygen atoms in total. The van der Waals surface area contributed by atoms with E-state index < -0.39 is 0 Å². The van der Waals surface area contributed by atoms with Crippen molar-refractivity contribution in [2.75, 3.05) is 13.1 Å². The van der Waals surface area contributed by atoms with E-state index >= 15 is 0 Å². The SMILES string of the molecule is Cl.Cl.c1csc(-c2cc(C3CCNCC3)n[nH]2)c1. The highest BCUT2D eigenvalue weighted by Gasteiger charge is 2.18. The van der Waals surface area contributed by atoms with Gasteiger partial charge >= 0.3 is 0 Å². The highest BCUT2D eigenvalue weighted by molar-refractivity contribution is 7.13. The van der Waals surface area contributed by atoms with Crippen LogP contribution in [0.25, 0.3) is 10.6 Å². The molecule has 1 fully saturated rings. The molecule has 0 radical (unpaired) electrons. The average Bonchev–Trinajstić information content (AvgIpc) is 3.01. The van der Waals surface area contributed by atoms with Gasteiger partial charge in [-0.2, -0.15) is 5.10 Å². The molecule has 3 rings (SSSR count). The van der Waals surface area contributed by atoms with Gasteiger partial charge in [-0.15, -0.1) is 36.2 Å². The predicted molar refractivity (Wildman–Crippen MR) is 81.2 cm³/mol. The zero-order valence-electron chi connectivity index (χ0n) is 9.89. The third-order valence-corrected chi connectivity index (χ3v) is 4.04. The number of nitrogens with zero attached hydrogens (tertiary/aromatic N) is 1. The van der Waals surface area contributed by atoms with Gasteiger partial charge in [0.15, 0.2) is 0 Å². The second kappa shape index (κ2) is 7.14. The normalized spacial score (nSPS) is 15.8. The van der Waals surface area contributed by atoms with Crippen molar-refractivity contribution in [3.63, 3.8) is 0 Å². The molecule has 0 atom stereocenters. The number of halogens is 2. The van der Waals surface area contributed by atoms with Crippen molar-refractivity contribution >= 4 is 36.2 Å². The Balaban J connectivity index is 0.000000810. The van der Waals surface area contributed by atoms with Crippen LogP contribution in [0.4, 0.5) is 0 Å². The number of piperidine rings is 1. The summed E-state index contributed by atoms with van der Waals surface area (Å²) >= 11 is 1.75. The summed E-state index contributed by atoms with van der Waals surface area (Å²) in [7, 11) is 0. The van der Waals surface area contributed by atoms with Gasteiger partial charge in [0.05, 0.1) is 16.3 Å². The number of thiophene rings is 1. The third-order valence-electron chi connectivity index (χ3n) is 3.14. The van der Waals surface area contributed by atoms with Crippen LogP contribution in [-0.4, -0.2) is 23.3 Å². The first-order valence-corrected chi connectivity index (χ1v) is 6.61. The fourth-order valence-electron chi connectivity index (χ4n) is 2.22. The maximum Gasteiger partial charge on any atom is 0.0752 e. The summed E-state index contributed by atoms with van der Waals surface area (Å²) in [4.78, 5) is 1.27. The Hall–Kier alpha value is -0.550. The van der Waals surface area contributed by atoms with E-state index in [1.807, 2.05) is 0 Å². The molecule has 0 aliphatic carbocycles. The van der Waals surface area contributed by atoms with Gasteiger partial charge in [0.2, 0.25) is 0 Å². The van der Waals surface area contributed by atoms with Gasteiger partial charge < -0.3 is 5.32 Å². The molecule has 100 valence electrons. The number of aromatic amines is 1. The molecule has 0 aromatic carbocycles. The van der Waals surface area contributed by atoms with Crippen LogP contribution in [0.5, 0.6) is 0 Å². The van der Waals surface area contributed by atoms with Crippen LogP contribution in [-0.2, 0) is 0 Å². The summed E-state index contributed by atoms with van der Waals surface area (Å²) in [5.74, 6) is 0.631. The molecular weight excluding hydrogens is 289 g/mol. The van der Waals surface area contributed by atoms with Gasteiger partial charge in [-0.25, -0.2) is 0 Å². The Kier molecular flexibility index (Phi) is 6.15. The number of aromatic nitrogens is 2. The fraction of sp³-hybridized carbons (Fsp3) is 0.417. The van der Waals surface area contributed by atoms with Crippen molar-refractivity contribution in [1.29, 1.82) is 0 Å². The van der Waals surface area contributed by atoms with E-state index in [0.29, 0.717) is 5.92 Å². The first-order chi connectivity index (χ1) is 7.93. The van der Waals surface area contributed by atoms with Crippen molar-refractivity contribution in [1.82, 2.24) is 15.5 Å². The highest BCUT2D eigenvalue weighted by atomic mass is 35.5. The summed E-state index contributed by atoms with van der Waals surface area (Å²) in [6.45, 7) is 2.23. The lowest BCUT2D eigenvalue weighted by Gasteiger charge is -2.20. The Morgan fingerprint density at radius 3 is 2.67 bits per heavy atom. The van der Waals surface area contributed by atoms with E-state index in [-0.39, 0.29) is 24.8 Å². The molecule has 3 heterocycles. The Morgan fingerprint density at radius 2 is 2.00 bits per heavy atom. The Bertz CT molecular complexity index is 450. The number of H-pyrrole nitrogens is 1. The second-order valence-corrected chi connectivity index (χ2v) is 5.16. The lowest BCUT2D eigenvalue weighted by molar-refractivity contribution is 0.453. The van der Waals surface area contributed by atoms with Crippen LogP contribution in [0.1, 0.15) is 24.5 Å². The molecule has 0 amide bonds. The molecular formula is C12H17Cl2N3S. The molecule has 0 spiro atoms. The topological polar surface area (TPSA) is 40.7 Å². The van der Waals surface area contributed by atoms with Crippen LogP contribution in [0, 0.1) is 0 Å². The summed E-state index contributed by atoms with van der Waals surface area (Å²) in [5, 5.41) is 13.1. The zero-order chi connectivity index (χ0) is 10.8. The second-order valence-electron chi connectivity index (χ2n) is 4.21. The minimum atomic E-state index is 0. The molecule has 18 heavy (non-hydrogen) atoms. The molecule has 2 N–H and O–H groups in total. The minimum absolute atomic E-state index is 0. The summed E-state index contributed by atoms with van der Waals surface area (Å²) in [5.41, 5.74) is 2.38. The van der Waals surface area contributed by atoms with Crippen LogP contribution in [0.15, 0.2) is 23.6 Å². The standard InChI is InChI=1S/C12H15N3S.2ClH/c1-2-12(16-7-1)11-8-10(14-15-11)9-3-5-13-6-4-9;;/h1-2,7-9,13H,3-6H2,(H,14,15);2*1H. The minimum Gasteiger partial charge on any atom is -0.317 e.